The molecule has 3 nitrogen and oxygen atoms in total. The third kappa shape index (κ3) is 2.71. The predicted octanol–water partition coefficient (Wildman–Crippen LogP) is 3.10. The van der Waals surface area contributed by atoms with Gasteiger partial charge in [-0.15, -0.1) is 0 Å². The average molecular weight is 235 g/mol. The first-order valence-corrected chi connectivity index (χ1v) is 6.89. The van der Waals surface area contributed by atoms with Crippen LogP contribution < -0.4 is 5.73 Å². The summed E-state index contributed by atoms with van der Waals surface area (Å²) in [5.41, 5.74) is 9.59. The van der Waals surface area contributed by atoms with Gasteiger partial charge in [0.15, 0.2) is 0 Å². The maximum absolute atomic E-state index is 5.99. The highest BCUT2D eigenvalue weighted by molar-refractivity contribution is 5.27. The van der Waals surface area contributed by atoms with Crippen molar-refractivity contribution in [3.05, 3.63) is 17.0 Å². The lowest BCUT2D eigenvalue weighted by molar-refractivity contribution is 0.434. The summed E-state index contributed by atoms with van der Waals surface area (Å²) in [6, 6.07) is 0.0928. The Bertz CT molecular complexity index is 373. The van der Waals surface area contributed by atoms with Gasteiger partial charge in [-0.1, -0.05) is 25.7 Å². The summed E-state index contributed by atoms with van der Waals surface area (Å²) in [6.45, 7) is 7.31. The minimum atomic E-state index is 0.0928. The molecule has 2 rings (SSSR count). The van der Waals surface area contributed by atoms with Gasteiger partial charge in [-0.05, 0) is 33.1 Å². The predicted molar refractivity (Wildman–Crippen MR) is 70.9 cm³/mol. The molecule has 0 aromatic carbocycles. The van der Waals surface area contributed by atoms with E-state index in [4.69, 9.17) is 5.73 Å². The molecular weight excluding hydrogens is 210 g/mol. The zero-order valence-corrected chi connectivity index (χ0v) is 11.4. The van der Waals surface area contributed by atoms with Gasteiger partial charge in [-0.3, -0.25) is 4.68 Å². The molecule has 0 radical (unpaired) electrons. The van der Waals surface area contributed by atoms with Crippen LogP contribution in [-0.2, 0) is 6.54 Å². The molecular formula is C14H25N3. The Hall–Kier alpha value is -0.830. The second-order valence-electron chi connectivity index (χ2n) is 5.54. The quantitative estimate of drug-likeness (QED) is 0.871. The molecule has 1 fully saturated rings. The van der Waals surface area contributed by atoms with Crippen molar-refractivity contribution in [2.45, 2.75) is 65.5 Å². The molecule has 1 aliphatic carbocycles. The van der Waals surface area contributed by atoms with Gasteiger partial charge in [0.05, 0.1) is 5.69 Å². The van der Waals surface area contributed by atoms with Crippen LogP contribution in [0.1, 0.15) is 62.0 Å². The van der Waals surface area contributed by atoms with Gasteiger partial charge >= 0.3 is 0 Å². The summed E-state index contributed by atoms with van der Waals surface area (Å²) in [6.07, 6.45) is 6.96. The molecule has 96 valence electrons. The Labute approximate surface area is 104 Å². The molecule has 0 saturated heterocycles. The average Bonchev–Trinajstić information content (AvgIpc) is 2.84. The molecule has 0 bridgehead atoms. The Morgan fingerprint density at radius 3 is 2.53 bits per heavy atom. The zero-order valence-electron chi connectivity index (χ0n) is 11.4. The summed E-state index contributed by atoms with van der Waals surface area (Å²) in [5, 5.41) is 4.63. The first kappa shape index (κ1) is 12.6. The lowest BCUT2D eigenvalue weighted by Gasteiger charge is -2.11. The van der Waals surface area contributed by atoms with E-state index in [0.29, 0.717) is 0 Å². The van der Waals surface area contributed by atoms with Gasteiger partial charge in [0.1, 0.15) is 0 Å². The van der Waals surface area contributed by atoms with Crippen LogP contribution in [0, 0.1) is 19.8 Å². The Kier molecular flexibility index (Phi) is 3.87. The molecule has 1 heterocycles. The van der Waals surface area contributed by atoms with E-state index in [1.165, 1.54) is 43.4 Å². The fourth-order valence-corrected chi connectivity index (χ4v) is 3.19. The van der Waals surface area contributed by atoms with Crippen LogP contribution in [0.2, 0.25) is 0 Å². The number of hydrogen-bond donors (Lipinski definition) is 1. The van der Waals surface area contributed by atoms with Crippen molar-refractivity contribution < 1.29 is 0 Å². The van der Waals surface area contributed by atoms with E-state index in [0.717, 1.165) is 18.2 Å². The van der Waals surface area contributed by atoms with Gasteiger partial charge in [-0.2, -0.15) is 5.10 Å². The molecule has 3 heteroatoms. The lowest BCUT2D eigenvalue weighted by Crippen LogP contribution is -2.09. The monoisotopic (exact) mass is 235 g/mol. The first-order chi connectivity index (χ1) is 8.09. The minimum absolute atomic E-state index is 0.0928. The summed E-state index contributed by atoms with van der Waals surface area (Å²) in [4.78, 5) is 0. The van der Waals surface area contributed by atoms with Crippen LogP contribution >= 0.6 is 0 Å². The molecule has 0 spiro atoms. The number of hydrogen-bond acceptors (Lipinski definition) is 2. The maximum Gasteiger partial charge on any atom is 0.0644 e. The Morgan fingerprint density at radius 1 is 1.35 bits per heavy atom. The van der Waals surface area contributed by atoms with Crippen LogP contribution in [0.4, 0.5) is 0 Å². The largest absolute Gasteiger partial charge is 0.324 e. The summed E-state index contributed by atoms with van der Waals surface area (Å²) in [5.74, 6) is 0.928. The minimum Gasteiger partial charge on any atom is -0.324 e. The fourth-order valence-electron chi connectivity index (χ4n) is 3.19. The Morgan fingerprint density at radius 2 is 2.00 bits per heavy atom. The first-order valence-electron chi connectivity index (χ1n) is 6.89. The number of aromatic nitrogens is 2. The van der Waals surface area contributed by atoms with Gasteiger partial charge < -0.3 is 5.73 Å². The molecule has 1 unspecified atom stereocenters. The SMILES string of the molecule is Cc1nn(CCC2CCCC2)c(C)c1C(C)N. The van der Waals surface area contributed by atoms with E-state index in [2.05, 4.69) is 23.6 Å². The molecule has 17 heavy (non-hydrogen) atoms. The lowest BCUT2D eigenvalue weighted by atomic mass is 10.0. The van der Waals surface area contributed by atoms with Crippen LogP contribution in [0.15, 0.2) is 0 Å². The van der Waals surface area contributed by atoms with Crippen molar-refractivity contribution in [1.29, 1.82) is 0 Å². The van der Waals surface area contributed by atoms with Crippen molar-refractivity contribution in [2.24, 2.45) is 11.7 Å². The van der Waals surface area contributed by atoms with Gasteiger partial charge in [0.25, 0.3) is 0 Å². The number of nitrogens with zero attached hydrogens (tertiary/aromatic N) is 2. The van der Waals surface area contributed by atoms with E-state index in [1.54, 1.807) is 0 Å². The van der Waals surface area contributed by atoms with Crippen LogP contribution in [0.25, 0.3) is 0 Å². The Balaban J connectivity index is 2.03. The number of rotatable bonds is 4. The van der Waals surface area contributed by atoms with E-state index in [-0.39, 0.29) is 6.04 Å². The normalized spacial score (nSPS) is 18.8. The molecule has 2 N–H and O–H groups in total. The van der Waals surface area contributed by atoms with Crippen molar-refractivity contribution in [3.8, 4) is 0 Å². The van der Waals surface area contributed by atoms with E-state index < -0.39 is 0 Å². The molecule has 0 amide bonds. The second kappa shape index (κ2) is 5.21. The van der Waals surface area contributed by atoms with Crippen LogP contribution in [0.5, 0.6) is 0 Å². The van der Waals surface area contributed by atoms with Gasteiger partial charge in [0, 0.05) is 23.8 Å². The highest BCUT2D eigenvalue weighted by Crippen LogP contribution is 2.28. The summed E-state index contributed by atoms with van der Waals surface area (Å²) < 4.78 is 2.16. The summed E-state index contributed by atoms with van der Waals surface area (Å²) >= 11 is 0. The summed E-state index contributed by atoms with van der Waals surface area (Å²) in [7, 11) is 0. The van der Waals surface area contributed by atoms with Gasteiger partial charge in [0.2, 0.25) is 0 Å². The standard InChI is InChI=1S/C14H25N3/c1-10(15)14-11(2)16-17(12(14)3)9-8-13-6-4-5-7-13/h10,13H,4-9,15H2,1-3H3. The second-order valence-corrected chi connectivity index (χ2v) is 5.54. The molecule has 1 atom stereocenters. The van der Waals surface area contributed by atoms with Crippen molar-refractivity contribution >= 4 is 0 Å². The highest BCUT2D eigenvalue weighted by Gasteiger charge is 2.18. The number of nitrogens with two attached hydrogens (primary N) is 1. The van der Waals surface area contributed by atoms with Gasteiger partial charge in [-0.25, -0.2) is 0 Å². The van der Waals surface area contributed by atoms with Crippen molar-refractivity contribution in [3.63, 3.8) is 0 Å². The fraction of sp³-hybridized carbons (Fsp3) is 0.786. The van der Waals surface area contributed by atoms with Crippen molar-refractivity contribution in [2.75, 3.05) is 0 Å². The molecule has 1 aliphatic rings. The van der Waals surface area contributed by atoms with Crippen LogP contribution in [-0.4, -0.2) is 9.78 Å². The molecule has 0 aliphatic heterocycles. The molecule has 1 aromatic rings. The number of aryl methyl sites for hydroxylation is 2. The third-order valence-corrected chi connectivity index (χ3v) is 4.12. The maximum atomic E-state index is 5.99. The smallest absolute Gasteiger partial charge is 0.0644 e. The van der Waals surface area contributed by atoms with E-state index in [1.807, 2.05) is 6.92 Å². The van der Waals surface area contributed by atoms with E-state index in [9.17, 15) is 0 Å². The third-order valence-electron chi connectivity index (χ3n) is 4.12. The van der Waals surface area contributed by atoms with Crippen molar-refractivity contribution in [1.82, 2.24) is 9.78 Å². The topological polar surface area (TPSA) is 43.8 Å². The van der Waals surface area contributed by atoms with E-state index >= 15 is 0 Å². The highest BCUT2D eigenvalue weighted by atomic mass is 15.3. The molecule has 1 aromatic heterocycles. The molecule has 1 saturated carbocycles. The zero-order chi connectivity index (χ0) is 12.4. The van der Waals surface area contributed by atoms with Crippen LogP contribution in [0.3, 0.4) is 0 Å².